The van der Waals surface area contributed by atoms with Crippen LogP contribution in [0.4, 0.5) is 0 Å². The van der Waals surface area contributed by atoms with Crippen LogP contribution in [0.25, 0.3) is 0 Å². The second-order valence-corrected chi connectivity index (χ2v) is 6.97. The van der Waals surface area contributed by atoms with Gasteiger partial charge in [-0.1, -0.05) is 44.2 Å². The highest BCUT2D eigenvalue weighted by Gasteiger charge is 2.26. The van der Waals surface area contributed by atoms with Crippen LogP contribution >= 0.6 is 12.2 Å². The Kier molecular flexibility index (Phi) is 5.26. The fourth-order valence-electron chi connectivity index (χ4n) is 3.01. The Morgan fingerprint density at radius 2 is 1.96 bits per heavy atom. The number of likely N-dealkylation sites (tertiary alicyclic amines) is 1. The second-order valence-electron chi connectivity index (χ2n) is 6.62. The summed E-state index contributed by atoms with van der Waals surface area (Å²) in [6.45, 7) is 6.43. The van der Waals surface area contributed by atoms with Crippen LogP contribution in [-0.2, 0) is 6.67 Å². The zero-order valence-corrected chi connectivity index (χ0v) is 15.0. The molecule has 0 radical (unpaired) electrons. The van der Waals surface area contributed by atoms with E-state index in [2.05, 4.69) is 10.00 Å². The van der Waals surface area contributed by atoms with Crippen LogP contribution in [0.1, 0.15) is 48.9 Å². The van der Waals surface area contributed by atoms with E-state index >= 15 is 0 Å². The first-order valence-electron chi connectivity index (χ1n) is 8.44. The van der Waals surface area contributed by atoms with Crippen molar-refractivity contribution in [1.29, 1.82) is 0 Å². The minimum Gasteiger partial charge on any atom is -0.414 e. The van der Waals surface area contributed by atoms with E-state index in [9.17, 15) is 4.79 Å². The van der Waals surface area contributed by atoms with Crippen molar-refractivity contribution in [2.24, 2.45) is 5.92 Å². The number of carbonyl (C=O) groups is 1. The Balaban J connectivity index is 1.58. The average molecular weight is 345 g/mol. The highest BCUT2D eigenvalue weighted by atomic mass is 32.1. The molecule has 2 aromatic rings. The third-order valence-corrected chi connectivity index (χ3v) is 4.76. The first-order valence-corrected chi connectivity index (χ1v) is 8.85. The Labute approximate surface area is 147 Å². The summed E-state index contributed by atoms with van der Waals surface area (Å²) in [5, 5.41) is 4.44. The summed E-state index contributed by atoms with van der Waals surface area (Å²) in [6.07, 6.45) is 1.74. The molecule has 1 aromatic heterocycles. The number of rotatable bonds is 5. The molecule has 24 heavy (non-hydrogen) atoms. The summed E-state index contributed by atoms with van der Waals surface area (Å²) in [5.74, 6) is 1.27. The van der Waals surface area contributed by atoms with Gasteiger partial charge in [0.1, 0.15) is 0 Å². The van der Waals surface area contributed by atoms with Gasteiger partial charge in [-0.3, -0.25) is 9.69 Å². The van der Waals surface area contributed by atoms with Gasteiger partial charge in [0.2, 0.25) is 5.89 Å². The van der Waals surface area contributed by atoms with Crippen LogP contribution in [0.5, 0.6) is 0 Å². The number of hydrogen-bond acceptors (Lipinski definition) is 5. The molecule has 0 bridgehead atoms. The van der Waals surface area contributed by atoms with Crippen LogP contribution in [0.2, 0.25) is 0 Å². The van der Waals surface area contributed by atoms with Gasteiger partial charge in [0.15, 0.2) is 5.78 Å². The van der Waals surface area contributed by atoms with E-state index in [1.54, 1.807) is 4.68 Å². The highest BCUT2D eigenvalue weighted by molar-refractivity contribution is 7.71. The molecule has 0 unspecified atom stereocenters. The molecule has 1 aliphatic rings. The maximum Gasteiger partial charge on any atom is 0.288 e. The van der Waals surface area contributed by atoms with Gasteiger partial charge in [-0.15, -0.1) is 5.10 Å². The molecule has 0 aliphatic carbocycles. The van der Waals surface area contributed by atoms with Crippen molar-refractivity contribution in [3.8, 4) is 0 Å². The maximum atomic E-state index is 12.5. The number of Topliss-reactive ketones (excluding diaryl/α,β-unsaturated/α-hetero) is 1. The van der Waals surface area contributed by atoms with Gasteiger partial charge in [-0.2, -0.15) is 0 Å². The smallest absolute Gasteiger partial charge is 0.288 e. The van der Waals surface area contributed by atoms with Gasteiger partial charge in [0.25, 0.3) is 4.84 Å². The summed E-state index contributed by atoms with van der Waals surface area (Å²) in [4.78, 5) is 15.2. The molecule has 128 valence electrons. The van der Waals surface area contributed by atoms with Crippen molar-refractivity contribution in [3.63, 3.8) is 0 Å². The molecule has 2 heterocycles. The maximum absolute atomic E-state index is 12.5. The minimum absolute atomic E-state index is 0.111. The minimum atomic E-state index is 0.111. The molecule has 3 rings (SSSR count). The number of carbonyl (C=O) groups excluding carboxylic acids is 1. The topological polar surface area (TPSA) is 51.3 Å². The molecule has 1 aromatic carbocycles. The Bertz CT molecular complexity index is 743. The lowest BCUT2D eigenvalue weighted by molar-refractivity contribution is 0.0802. The predicted molar refractivity (Wildman–Crippen MR) is 94.5 cm³/mol. The highest BCUT2D eigenvalue weighted by Crippen LogP contribution is 2.22. The van der Waals surface area contributed by atoms with Gasteiger partial charge in [0.05, 0.1) is 6.67 Å². The first-order chi connectivity index (χ1) is 11.5. The molecule has 0 atom stereocenters. The first kappa shape index (κ1) is 17.0. The monoisotopic (exact) mass is 345 g/mol. The van der Waals surface area contributed by atoms with Crippen LogP contribution in [-0.4, -0.2) is 33.6 Å². The van der Waals surface area contributed by atoms with E-state index in [4.69, 9.17) is 16.6 Å². The molecule has 1 fully saturated rings. The number of hydrogen-bond donors (Lipinski definition) is 0. The lowest BCUT2D eigenvalue weighted by atomic mass is 9.89. The predicted octanol–water partition coefficient (Wildman–Crippen LogP) is 3.88. The zero-order valence-electron chi connectivity index (χ0n) is 14.1. The Morgan fingerprint density at radius 1 is 1.29 bits per heavy atom. The van der Waals surface area contributed by atoms with Crippen molar-refractivity contribution >= 4 is 18.0 Å². The van der Waals surface area contributed by atoms with Gasteiger partial charge < -0.3 is 4.42 Å². The molecule has 0 N–H and O–H groups in total. The summed E-state index contributed by atoms with van der Waals surface area (Å²) in [6, 6.07) is 9.57. The van der Waals surface area contributed by atoms with Crippen LogP contribution in [0.3, 0.4) is 0 Å². The normalized spacial score (nSPS) is 16.6. The number of benzene rings is 1. The van der Waals surface area contributed by atoms with Crippen molar-refractivity contribution in [2.75, 3.05) is 13.1 Å². The van der Waals surface area contributed by atoms with Crippen molar-refractivity contribution in [3.05, 3.63) is 46.6 Å². The van der Waals surface area contributed by atoms with Gasteiger partial charge in [0, 0.05) is 30.5 Å². The molecular formula is C18H23N3O2S. The number of nitrogens with zero attached hydrogens (tertiary/aromatic N) is 3. The number of piperidine rings is 1. The second kappa shape index (κ2) is 7.40. The molecule has 0 saturated carbocycles. The SMILES string of the molecule is CC(C)c1nn(CN2CCC(C(=O)c3ccccc3)CC2)c(=S)o1. The lowest BCUT2D eigenvalue weighted by Crippen LogP contribution is -2.37. The zero-order chi connectivity index (χ0) is 17.1. The van der Waals surface area contributed by atoms with Crippen molar-refractivity contribution in [1.82, 2.24) is 14.7 Å². The molecule has 5 nitrogen and oxygen atoms in total. The third kappa shape index (κ3) is 3.82. The standard InChI is InChI=1S/C18H23N3O2S/c1-13(2)17-19-21(18(24)23-17)12-20-10-8-15(9-11-20)16(22)14-6-4-3-5-7-14/h3-7,13,15H,8-12H2,1-2H3. The molecule has 1 aliphatic heterocycles. The summed E-state index contributed by atoms with van der Waals surface area (Å²) in [7, 11) is 0. The van der Waals surface area contributed by atoms with Gasteiger partial charge >= 0.3 is 0 Å². The Morgan fingerprint density at radius 3 is 2.54 bits per heavy atom. The van der Waals surface area contributed by atoms with Crippen molar-refractivity contribution < 1.29 is 9.21 Å². The quantitative estimate of drug-likeness (QED) is 0.608. The van der Waals surface area contributed by atoms with Crippen LogP contribution < -0.4 is 0 Å². The average Bonchev–Trinajstić information content (AvgIpc) is 2.97. The molecular weight excluding hydrogens is 322 g/mol. The van der Waals surface area contributed by atoms with E-state index in [1.165, 1.54) is 0 Å². The van der Waals surface area contributed by atoms with Crippen molar-refractivity contribution in [2.45, 2.75) is 39.3 Å². The third-order valence-electron chi connectivity index (χ3n) is 4.47. The molecule has 0 amide bonds. The number of ketones is 1. The number of aromatic nitrogens is 2. The van der Waals surface area contributed by atoms with Gasteiger partial charge in [-0.05, 0) is 25.1 Å². The molecule has 1 saturated heterocycles. The lowest BCUT2D eigenvalue weighted by Gasteiger charge is -2.30. The van der Waals surface area contributed by atoms with Gasteiger partial charge in [-0.25, -0.2) is 4.68 Å². The van der Waals surface area contributed by atoms with E-state index in [0.717, 1.165) is 31.5 Å². The van der Waals surface area contributed by atoms with Crippen LogP contribution in [0.15, 0.2) is 34.7 Å². The Hall–Kier alpha value is -1.79. The van der Waals surface area contributed by atoms with Crippen LogP contribution in [0, 0.1) is 10.8 Å². The van der Waals surface area contributed by atoms with E-state index in [-0.39, 0.29) is 17.6 Å². The summed E-state index contributed by atoms with van der Waals surface area (Å²) in [5.41, 5.74) is 0.816. The molecule has 0 spiro atoms. The fraction of sp³-hybridized carbons (Fsp3) is 0.500. The largest absolute Gasteiger partial charge is 0.414 e. The fourth-order valence-corrected chi connectivity index (χ4v) is 3.19. The summed E-state index contributed by atoms with van der Waals surface area (Å²) < 4.78 is 7.26. The van der Waals surface area contributed by atoms with E-state index in [1.807, 2.05) is 44.2 Å². The summed E-state index contributed by atoms with van der Waals surface area (Å²) >= 11 is 5.24. The van der Waals surface area contributed by atoms with E-state index in [0.29, 0.717) is 17.4 Å². The molecule has 6 heteroatoms. The van der Waals surface area contributed by atoms with E-state index < -0.39 is 0 Å².